The van der Waals surface area contributed by atoms with Gasteiger partial charge in [0.25, 0.3) is 5.91 Å². The normalized spacial score (nSPS) is 16.3. The van der Waals surface area contributed by atoms with Crippen LogP contribution in [0.5, 0.6) is 0 Å². The number of carbonyl (C=O) groups excluding carboxylic acids is 1. The number of aromatic nitrogens is 4. The van der Waals surface area contributed by atoms with Crippen molar-refractivity contribution in [2.45, 2.75) is 45.4 Å². The molecule has 0 radical (unpaired) electrons. The van der Waals surface area contributed by atoms with Gasteiger partial charge in [-0.15, -0.1) is 0 Å². The molecule has 3 aromatic heterocycles. The largest absolute Gasteiger partial charge is 0.417 e. The number of halogens is 4. The topological polar surface area (TPSA) is 92.9 Å². The molecule has 0 bridgehead atoms. The molecule has 0 saturated carbocycles. The van der Waals surface area contributed by atoms with E-state index in [1.54, 1.807) is 6.07 Å². The van der Waals surface area contributed by atoms with Gasteiger partial charge in [-0.1, -0.05) is 6.08 Å². The minimum atomic E-state index is -4.73. The summed E-state index contributed by atoms with van der Waals surface area (Å²) in [5, 5.41) is 16.3. The van der Waals surface area contributed by atoms with E-state index in [9.17, 15) is 27.5 Å². The van der Waals surface area contributed by atoms with Crippen molar-refractivity contribution in [2.24, 2.45) is 0 Å². The van der Waals surface area contributed by atoms with Gasteiger partial charge >= 0.3 is 6.18 Å². The van der Waals surface area contributed by atoms with E-state index in [-0.39, 0.29) is 17.4 Å². The summed E-state index contributed by atoms with van der Waals surface area (Å²) in [6.45, 7) is 3.35. The number of aliphatic hydroxyl groups is 1. The number of hydrogen-bond acceptors (Lipinski definition) is 5. The number of rotatable bonds is 4. The van der Waals surface area contributed by atoms with E-state index in [4.69, 9.17) is 0 Å². The van der Waals surface area contributed by atoms with Gasteiger partial charge in [-0.3, -0.25) is 9.78 Å². The van der Waals surface area contributed by atoms with Crippen LogP contribution in [0.25, 0.3) is 11.4 Å². The fraction of sp³-hybridized carbons (Fsp3) is 0.304. The molecule has 3 heterocycles. The maximum atomic E-state index is 14.3. The molecular formula is C23H21F4N5O2. The molecular weight excluding hydrogens is 454 g/mol. The number of allylic oxidation sites excluding steroid dienone is 1. The number of alkyl halides is 3. The minimum Gasteiger partial charge on any atom is -0.393 e. The molecule has 1 unspecified atom stereocenters. The second kappa shape index (κ2) is 8.98. The third kappa shape index (κ3) is 4.69. The molecule has 0 aliphatic heterocycles. The van der Waals surface area contributed by atoms with E-state index in [1.165, 1.54) is 19.3 Å². The Bertz CT molecular complexity index is 1280. The molecule has 0 aromatic carbocycles. The van der Waals surface area contributed by atoms with E-state index < -0.39 is 29.3 Å². The van der Waals surface area contributed by atoms with E-state index in [0.29, 0.717) is 37.2 Å². The molecule has 3 aromatic rings. The zero-order chi connectivity index (χ0) is 24.6. The second-order valence-electron chi connectivity index (χ2n) is 8.08. The Hall–Kier alpha value is -3.60. The van der Waals surface area contributed by atoms with Crippen molar-refractivity contribution < 1.29 is 27.5 Å². The van der Waals surface area contributed by atoms with E-state index in [2.05, 4.69) is 20.4 Å². The van der Waals surface area contributed by atoms with Crippen molar-refractivity contribution in [1.82, 2.24) is 19.7 Å². The van der Waals surface area contributed by atoms with E-state index >= 15 is 0 Å². The van der Waals surface area contributed by atoms with Crippen LogP contribution in [0, 0.1) is 19.7 Å². The summed E-state index contributed by atoms with van der Waals surface area (Å²) in [6, 6.07) is 2.10. The lowest BCUT2D eigenvalue weighted by Crippen LogP contribution is -2.15. The predicted molar refractivity (Wildman–Crippen MR) is 116 cm³/mol. The molecule has 1 amide bonds. The van der Waals surface area contributed by atoms with Gasteiger partial charge in [0.1, 0.15) is 0 Å². The molecule has 0 fully saturated rings. The van der Waals surface area contributed by atoms with Crippen LogP contribution in [0.4, 0.5) is 23.2 Å². The first-order valence-corrected chi connectivity index (χ1v) is 10.5. The lowest BCUT2D eigenvalue weighted by Gasteiger charge is -2.18. The third-order valence-corrected chi connectivity index (χ3v) is 5.63. The quantitative estimate of drug-likeness (QED) is 0.538. The molecule has 11 heteroatoms. The van der Waals surface area contributed by atoms with Crippen molar-refractivity contribution >= 4 is 17.2 Å². The average Bonchev–Trinajstić information content (AvgIpc) is 3.15. The molecule has 7 nitrogen and oxygen atoms in total. The monoisotopic (exact) mass is 475 g/mol. The standard InChI is InChI=1S/C23H21F4N5O2/c1-12-7-16(10-28-20(12)14-3-5-17(33)6-4-14)31-22(34)18-11-30-32(13(18)2)21-19(24)8-15(9-29-21)23(25,26)27/h3,7-11,17,33H,4-6H2,1-2H3,(H,31,34). The van der Waals surface area contributed by atoms with Gasteiger partial charge < -0.3 is 10.4 Å². The second-order valence-corrected chi connectivity index (χ2v) is 8.08. The lowest BCUT2D eigenvalue weighted by atomic mass is 9.93. The molecule has 2 N–H and O–H groups in total. The van der Waals surface area contributed by atoms with Crippen LogP contribution in [-0.4, -0.2) is 36.9 Å². The first-order valence-electron chi connectivity index (χ1n) is 10.5. The molecule has 0 saturated heterocycles. The van der Waals surface area contributed by atoms with Crippen molar-refractivity contribution in [1.29, 1.82) is 0 Å². The van der Waals surface area contributed by atoms with Crippen LogP contribution in [0.1, 0.15) is 52.1 Å². The molecule has 1 aliphatic rings. The number of aryl methyl sites for hydroxylation is 1. The van der Waals surface area contributed by atoms with Gasteiger partial charge in [-0.05, 0) is 56.4 Å². The maximum Gasteiger partial charge on any atom is 0.417 e. The van der Waals surface area contributed by atoms with Crippen LogP contribution < -0.4 is 5.32 Å². The van der Waals surface area contributed by atoms with Gasteiger partial charge in [0.15, 0.2) is 11.6 Å². The van der Waals surface area contributed by atoms with Gasteiger partial charge in [-0.2, -0.15) is 18.3 Å². The van der Waals surface area contributed by atoms with Crippen LogP contribution in [-0.2, 0) is 6.18 Å². The number of pyridine rings is 2. The Morgan fingerprint density at radius 1 is 1.18 bits per heavy atom. The van der Waals surface area contributed by atoms with Crippen LogP contribution in [0.15, 0.2) is 36.8 Å². The van der Waals surface area contributed by atoms with E-state index in [1.807, 2.05) is 13.0 Å². The van der Waals surface area contributed by atoms with Crippen molar-refractivity contribution in [3.63, 3.8) is 0 Å². The van der Waals surface area contributed by atoms with Crippen molar-refractivity contribution in [3.05, 3.63) is 70.7 Å². The zero-order valence-corrected chi connectivity index (χ0v) is 18.3. The average molecular weight is 475 g/mol. The maximum absolute atomic E-state index is 14.3. The summed E-state index contributed by atoms with van der Waals surface area (Å²) in [4.78, 5) is 20.8. The Labute approximate surface area is 192 Å². The number of carbonyl (C=O) groups is 1. The Balaban J connectivity index is 1.54. The minimum absolute atomic E-state index is 0.104. The Kier molecular flexibility index (Phi) is 6.22. The summed E-state index contributed by atoms with van der Waals surface area (Å²) in [5.41, 5.74) is 2.23. The summed E-state index contributed by atoms with van der Waals surface area (Å²) < 4.78 is 53.6. The number of amides is 1. The fourth-order valence-electron chi connectivity index (χ4n) is 3.80. The number of hydrogen-bond donors (Lipinski definition) is 2. The fourth-order valence-corrected chi connectivity index (χ4v) is 3.80. The first kappa shape index (κ1) is 23.6. The third-order valence-electron chi connectivity index (χ3n) is 5.63. The molecule has 0 spiro atoms. The summed E-state index contributed by atoms with van der Waals surface area (Å²) in [7, 11) is 0. The number of anilines is 1. The van der Waals surface area contributed by atoms with Gasteiger partial charge in [-0.25, -0.2) is 14.1 Å². The predicted octanol–water partition coefficient (Wildman–Crippen LogP) is 4.62. The summed E-state index contributed by atoms with van der Waals surface area (Å²) >= 11 is 0. The van der Waals surface area contributed by atoms with Gasteiger partial charge in [0.05, 0.1) is 46.7 Å². The lowest BCUT2D eigenvalue weighted by molar-refractivity contribution is -0.138. The number of aliphatic hydroxyl groups excluding tert-OH is 1. The highest BCUT2D eigenvalue weighted by Crippen LogP contribution is 2.31. The summed E-state index contributed by atoms with van der Waals surface area (Å²) in [6.07, 6.45) is 2.08. The van der Waals surface area contributed by atoms with Crippen LogP contribution in [0.3, 0.4) is 0 Å². The zero-order valence-electron chi connectivity index (χ0n) is 18.3. The van der Waals surface area contributed by atoms with Gasteiger partial charge in [0, 0.05) is 6.20 Å². The number of nitrogens with one attached hydrogen (secondary N) is 1. The molecule has 1 aliphatic carbocycles. The SMILES string of the molecule is Cc1cc(NC(=O)c2cnn(-c3ncc(C(F)(F)F)cc3F)c2C)cnc1C1=CCC(O)CC1. The molecule has 1 atom stereocenters. The Morgan fingerprint density at radius 2 is 1.94 bits per heavy atom. The molecule has 178 valence electrons. The van der Waals surface area contributed by atoms with Crippen LogP contribution >= 0.6 is 0 Å². The van der Waals surface area contributed by atoms with E-state index in [0.717, 1.165) is 21.5 Å². The first-order chi connectivity index (χ1) is 16.0. The molecule has 34 heavy (non-hydrogen) atoms. The highest BCUT2D eigenvalue weighted by molar-refractivity contribution is 6.05. The Morgan fingerprint density at radius 3 is 2.56 bits per heavy atom. The van der Waals surface area contributed by atoms with Gasteiger partial charge in [0.2, 0.25) is 0 Å². The van der Waals surface area contributed by atoms with Crippen molar-refractivity contribution in [2.75, 3.05) is 5.32 Å². The van der Waals surface area contributed by atoms with Crippen molar-refractivity contribution in [3.8, 4) is 5.82 Å². The highest BCUT2D eigenvalue weighted by atomic mass is 19.4. The number of nitrogens with zero attached hydrogens (tertiary/aromatic N) is 4. The highest BCUT2D eigenvalue weighted by Gasteiger charge is 2.32. The molecule has 4 rings (SSSR count). The smallest absolute Gasteiger partial charge is 0.393 e. The van der Waals surface area contributed by atoms with Crippen LogP contribution in [0.2, 0.25) is 0 Å². The summed E-state index contributed by atoms with van der Waals surface area (Å²) in [5.74, 6) is -2.20.